The third-order valence-electron chi connectivity index (χ3n) is 3.58. The van der Waals surface area contributed by atoms with Gasteiger partial charge in [0.25, 0.3) is 0 Å². The summed E-state index contributed by atoms with van der Waals surface area (Å²) >= 11 is 0. The highest BCUT2D eigenvalue weighted by atomic mass is 127. The van der Waals surface area contributed by atoms with Crippen LogP contribution >= 0.6 is 24.0 Å². The van der Waals surface area contributed by atoms with E-state index < -0.39 is 0 Å². The van der Waals surface area contributed by atoms with Gasteiger partial charge in [-0.15, -0.1) is 30.4 Å². The first-order valence-corrected chi connectivity index (χ1v) is 8.42. The zero-order chi connectivity index (χ0) is 17.8. The van der Waals surface area contributed by atoms with Crippen LogP contribution in [0.4, 0.5) is 5.69 Å². The van der Waals surface area contributed by atoms with E-state index in [0.29, 0.717) is 17.7 Å². The molecule has 0 fully saturated rings. The molecule has 25 heavy (non-hydrogen) atoms. The van der Waals surface area contributed by atoms with Crippen molar-refractivity contribution in [2.75, 3.05) is 18.9 Å². The summed E-state index contributed by atoms with van der Waals surface area (Å²) in [6, 6.07) is 7.52. The summed E-state index contributed by atoms with van der Waals surface area (Å²) in [6.07, 6.45) is 10.1. The number of halogens is 1. The molecule has 6 heteroatoms. The van der Waals surface area contributed by atoms with Crippen LogP contribution in [0.3, 0.4) is 0 Å². The number of rotatable bonds is 8. The zero-order valence-corrected chi connectivity index (χ0v) is 17.6. The van der Waals surface area contributed by atoms with Crippen molar-refractivity contribution in [3.05, 3.63) is 29.8 Å². The molecule has 3 N–H and O–H groups in total. The Morgan fingerprint density at radius 3 is 2.76 bits per heavy atom. The largest absolute Gasteiger partial charge is 0.354 e. The van der Waals surface area contributed by atoms with Crippen molar-refractivity contribution >= 4 is 41.5 Å². The molecule has 0 bridgehead atoms. The van der Waals surface area contributed by atoms with Gasteiger partial charge < -0.3 is 16.0 Å². The summed E-state index contributed by atoms with van der Waals surface area (Å²) in [5.41, 5.74) is 1.42. The molecule has 0 spiro atoms. The van der Waals surface area contributed by atoms with E-state index in [2.05, 4.69) is 40.7 Å². The number of unbranched alkanes of at least 4 members (excludes halogenated alkanes) is 2. The number of nitrogens with one attached hydrogen (secondary N) is 3. The van der Waals surface area contributed by atoms with Crippen LogP contribution in [0.25, 0.3) is 0 Å². The van der Waals surface area contributed by atoms with Crippen molar-refractivity contribution in [3.8, 4) is 12.3 Å². The lowest BCUT2D eigenvalue weighted by molar-refractivity contribution is -0.115. The number of hydrogen-bond acceptors (Lipinski definition) is 2. The van der Waals surface area contributed by atoms with Crippen molar-refractivity contribution < 1.29 is 4.79 Å². The van der Waals surface area contributed by atoms with Crippen molar-refractivity contribution in [3.63, 3.8) is 0 Å². The highest BCUT2D eigenvalue weighted by molar-refractivity contribution is 14.0. The lowest BCUT2D eigenvalue weighted by Crippen LogP contribution is -2.44. The van der Waals surface area contributed by atoms with Crippen molar-refractivity contribution in [1.82, 2.24) is 10.6 Å². The number of terminal acetylenes is 1. The van der Waals surface area contributed by atoms with E-state index in [1.54, 1.807) is 13.1 Å². The van der Waals surface area contributed by atoms with E-state index in [-0.39, 0.29) is 36.4 Å². The van der Waals surface area contributed by atoms with E-state index in [4.69, 9.17) is 6.42 Å². The average Bonchev–Trinajstić information content (AvgIpc) is 2.59. The molecule has 0 saturated heterocycles. The van der Waals surface area contributed by atoms with Gasteiger partial charge in [-0.2, -0.15) is 0 Å². The summed E-state index contributed by atoms with van der Waals surface area (Å²) in [6.45, 7) is 4.45. The van der Waals surface area contributed by atoms with E-state index in [0.717, 1.165) is 12.0 Å². The summed E-state index contributed by atoms with van der Waals surface area (Å²) in [7, 11) is 1.70. The maximum atomic E-state index is 12.0. The van der Waals surface area contributed by atoms with Crippen LogP contribution < -0.4 is 16.0 Å². The van der Waals surface area contributed by atoms with Gasteiger partial charge in [0.1, 0.15) is 0 Å². The summed E-state index contributed by atoms with van der Waals surface area (Å²) in [5.74, 6) is 3.03. The predicted octanol–water partition coefficient (Wildman–Crippen LogP) is 3.36. The minimum Gasteiger partial charge on any atom is -0.354 e. The number of carbonyl (C=O) groups is 1. The van der Waals surface area contributed by atoms with E-state index in [1.165, 1.54) is 19.3 Å². The summed E-state index contributed by atoms with van der Waals surface area (Å²) < 4.78 is 0. The van der Waals surface area contributed by atoms with Crippen LogP contribution in [-0.4, -0.2) is 31.5 Å². The van der Waals surface area contributed by atoms with Gasteiger partial charge in [-0.05, 0) is 31.5 Å². The second kappa shape index (κ2) is 13.5. The number of guanidine groups is 1. The van der Waals surface area contributed by atoms with Crippen molar-refractivity contribution in [1.29, 1.82) is 0 Å². The van der Waals surface area contributed by atoms with E-state index >= 15 is 0 Å². The lowest BCUT2D eigenvalue weighted by Gasteiger charge is -2.17. The second-order valence-electron chi connectivity index (χ2n) is 5.74. The molecule has 138 valence electrons. The van der Waals surface area contributed by atoms with Gasteiger partial charge in [-0.25, -0.2) is 0 Å². The Bertz CT molecular complexity index is 595. The van der Waals surface area contributed by atoms with E-state index in [9.17, 15) is 4.79 Å². The highest BCUT2D eigenvalue weighted by Gasteiger charge is 2.07. The number of aliphatic imine (C=N–C) groups is 1. The SMILES string of the molecule is C#Cc1cccc(NC(=O)CNC(=NC)NC(C)CCCCC)c1.I. The third-order valence-corrected chi connectivity index (χ3v) is 3.58. The van der Waals surface area contributed by atoms with Gasteiger partial charge in [0.2, 0.25) is 5.91 Å². The molecule has 0 aliphatic carbocycles. The minimum atomic E-state index is -0.147. The van der Waals surface area contributed by atoms with Crippen LogP contribution in [-0.2, 0) is 4.79 Å². The Morgan fingerprint density at radius 1 is 1.36 bits per heavy atom. The minimum absolute atomic E-state index is 0. The van der Waals surface area contributed by atoms with Crippen LogP contribution in [0.5, 0.6) is 0 Å². The Balaban J connectivity index is 0.00000576. The Kier molecular flexibility index (Phi) is 12.6. The maximum Gasteiger partial charge on any atom is 0.243 e. The number of carbonyl (C=O) groups excluding carboxylic acids is 1. The number of amides is 1. The van der Waals surface area contributed by atoms with Crippen molar-refractivity contribution in [2.45, 2.75) is 45.6 Å². The first kappa shape index (κ1) is 23.2. The molecule has 5 nitrogen and oxygen atoms in total. The number of benzene rings is 1. The van der Waals surface area contributed by atoms with Crippen LogP contribution in [0.2, 0.25) is 0 Å². The maximum absolute atomic E-state index is 12.0. The van der Waals surface area contributed by atoms with Gasteiger partial charge >= 0.3 is 0 Å². The fraction of sp³-hybridized carbons (Fsp3) is 0.474. The molecule has 0 aliphatic rings. The quantitative estimate of drug-likeness (QED) is 0.185. The molecule has 1 amide bonds. The van der Waals surface area contributed by atoms with Gasteiger partial charge in [0.05, 0.1) is 6.54 Å². The Hall–Kier alpha value is -1.75. The van der Waals surface area contributed by atoms with Crippen LogP contribution in [0, 0.1) is 12.3 Å². The molecular formula is C19H29IN4O. The number of hydrogen-bond donors (Lipinski definition) is 3. The molecule has 0 radical (unpaired) electrons. The molecule has 0 aliphatic heterocycles. The number of nitrogens with zero attached hydrogens (tertiary/aromatic N) is 1. The highest BCUT2D eigenvalue weighted by Crippen LogP contribution is 2.09. The van der Waals surface area contributed by atoms with Gasteiger partial charge in [0, 0.05) is 24.3 Å². The molecule has 1 atom stereocenters. The molecular weight excluding hydrogens is 427 g/mol. The smallest absolute Gasteiger partial charge is 0.243 e. The topological polar surface area (TPSA) is 65.5 Å². The monoisotopic (exact) mass is 456 g/mol. The first-order valence-electron chi connectivity index (χ1n) is 8.42. The second-order valence-corrected chi connectivity index (χ2v) is 5.74. The Labute approximate surface area is 168 Å². The summed E-state index contributed by atoms with van der Waals surface area (Å²) in [5, 5.41) is 9.13. The zero-order valence-electron chi connectivity index (χ0n) is 15.3. The number of anilines is 1. The molecule has 0 heterocycles. The van der Waals surface area contributed by atoms with Gasteiger partial charge in [0.15, 0.2) is 5.96 Å². The first-order chi connectivity index (χ1) is 11.6. The molecule has 1 aromatic rings. The molecule has 0 aromatic heterocycles. The van der Waals surface area contributed by atoms with Crippen LogP contribution in [0.15, 0.2) is 29.3 Å². The lowest BCUT2D eigenvalue weighted by atomic mass is 10.1. The van der Waals surface area contributed by atoms with Gasteiger partial charge in [-0.3, -0.25) is 9.79 Å². The predicted molar refractivity (Wildman–Crippen MR) is 117 cm³/mol. The molecule has 1 rings (SSSR count). The molecule has 1 aromatic carbocycles. The van der Waals surface area contributed by atoms with Crippen LogP contribution in [0.1, 0.15) is 45.1 Å². The molecule has 0 saturated carbocycles. The summed E-state index contributed by atoms with van der Waals surface area (Å²) in [4.78, 5) is 16.2. The standard InChI is InChI=1S/C19H28N4O.HI/c1-5-7-8-10-15(3)22-19(20-4)21-14-18(24)23-17-12-9-11-16(6-2)13-17;/h2,9,11-13,15H,5,7-8,10,14H2,1,3-4H3,(H,23,24)(H2,20,21,22);1H. The molecule has 1 unspecified atom stereocenters. The third kappa shape index (κ3) is 9.97. The fourth-order valence-corrected chi connectivity index (χ4v) is 2.26. The van der Waals surface area contributed by atoms with Crippen molar-refractivity contribution in [2.24, 2.45) is 4.99 Å². The van der Waals surface area contributed by atoms with Gasteiger partial charge in [-0.1, -0.05) is 38.2 Å². The Morgan fingerprint density at radius 2 is 2.12 bits per heavy atom. The normalized spacial score (nSPS) is 11.7. The van der Waals surface area contributed by atoms with E-state index in [1.807, 2.05) is 18.2 Å². The average molecular weight is 456 g/mol. The fourth-order valence-electron chi connectivity index (χ4n) is 2.26.